The quantitative estimate of drug-likeness (QED) is 0.842. The van der Waals surface area contributed by atoms with E-state index in [4.69, 9.17) is 4.74 Å². The standard InChI is InChI=1S/C14H21NO2/c1-17-13-7-4-6-12(9-13)15-14-8-3-2-5-11(14)10-16/h2-3,5,8,12-13,15-16H,4,6-7,9-10H2,1H3. The van der Waals surface area contributed by atoms with Crippen LogP contribution in [0.15, 0.2) is 24.3 Å². The Morgan fingerprint density at radius 2 is 2.18 bits per heavy atom. The molecular formula is C14H21NO2. The number of aliphatic hydroxyl groups excluding tert-OH is 1. The average molecular weight is 235 g/mol. The smallest absolute Gasteiger partial charge is 0.0701 e. The fourth-order valence-corrected chi connectivity index (χ4v) is 2.51. The number of hydrogen-bond donors (Lipinski definition) is 2. The van der Waals surface area contributed by atoms with Crippen LogP contribution in [0.4, 0.5) is 5.69 Å². The minimum Gasteiger partial charge on any atom is -0.392 e. The Labute approximate surface area is 103 Å². The van der Waals surface area contributed by atoms with Gasteiger partial charge in [-0.1, -0.05) is 18.2 Å². The van der Waals surface area contributed by atoms with Gasteiger partial charge in [0.1, 0.15) is 0 Å². The van der Waals surface area contributed by atoms with Crippen LogP contribution in [0.2, 0.25) is 0 Å². The Balaban J connectivity index is 2.00. The van der Waals surface area contributed by atoms with E-state index in [2.05, 4.69) is 5.32 Å². The molecule has 0 aliphatic heterocycles. The predicted octanol–water partition coefficient (Wildman–Crippen LogP) is 2.55. The Morgan fingerprint density at radius 3 is 2.94 bits per heavy atom. The molecule has 1 aromatic rings. The maximum absolute atomic E-state index is 9.28. The largest absolute Gasteiger partial charge is 0.392 e. The van der Waals surface area contributed by atoms with Gasteiger partial charge >= 0.3 is 0 Å². The van der Waals surface area contributed by atoms with Gasteiger partial charge < -0.3 is 15.2 Å². The second-order valence-electron chi connectivity index (χ2n) is 4.68. The minimum absolute atomic E-state index is 0.0869. The van der Waals surface area contributed by atoms with E-state index in [0.717, 1.165) is 24.1 Å². The molecule has 1 aliphatic carbocycles. The maximum Gasteiger partial charge on any atom is 0.0701 e. The van der Waals surface area contributed by atoms with Gasteiger partial charge in [0.05, 0.1) is 12.7 Å². The monoisotopic (exact) mass is 235 g/mol. The topological polar surface area (TPSA) is 41.5 Å². The first kappa shape index (κ1) is 12.4. The van der Waals surface area contributed by atoms with Crippen molar-refractivity contribution in [3.63, 3.8) is 0 Å². The highest BCUT2D eigenvalue weighted by molar-refractivity contribution is 5.51. The van der Waals surface area contributed by atoms with E-state index in [1.54, 1.807) is 7.11 Å². The molecule has 2 unspecified atom stereocenters. The number of hydrogen-bond acceptors (Lipinski definition) is 3. The van der Waals surface area contributed by atoms with Crippen LogP contribution >= 0.6 is 0 Å². The van der Waals surface area contributed by atoms with Crippen LogP contribution < -0.4 is 5.32 Å². The number of benzene rings is 1. The lowest BCUT2D eigenvalue weighted by Crippen LogP contribution is -2.31. The first-order valence-corrected chi connectivity index (χ1v) is 6.31. The van der Waals surface area contributed by atoms with Crippen molar-refractivity contribution in [2.45, 2.75) is 44.4 Å². The zero-order valence-corrected chi connectivity index (χ0v) is 10.4. The maximum atomic E-state index is 9.28. The molecular weight excluding hydrogens is 214 g/mol. The molecule has 0 heterocycles. The summed E-state index contributed by atoms with van der Waals surface area (Å²) in [6.45, 7) is 0.0869. The van der Waals surface area contributed by atoms with Crippen molar-refractivity contribution in [1.29, 1.82) is 0 Å². The van der Waals surface area contributed by atoms with Gasteiger partial charge in [0, 0.05) is 24.4 Å². The second-order valence-corrected chi connectivity index (χ2v) is 4.68. The molecule has 1 fully saturated rings. The van der Waals surface area contributed by atoms with Crippen molar-refractivity contribution in [2.24, 2.45) is 0 Å². The van der Waals surface area contributed by atoms with Crippen LogP contribution in [0.5, 0.6) is 0 Å². The van der Waals surface area contributed by atoms with E-state index < -0.39 is 0 Å². The van der Waals surface area contributed by atoms with Crippen LogP contribution in [-0.2, 0) is 11.3 Å². The van der Waals surface area contributed by atoms with Crippen LogP contribution in [0.25, 0.3) is 0 Å². The first-order valence-electron chi connectivity index (χ1n) is 6.31. The highest BCUT2D eigenvalue weighted by Gasteiger charge is 2.21. The number of ether oxygens (including phenoxy) is 1. The van der Waals surface area contributed by atoms with Crippen molar-refractivity contribution in [3.8, 4) is 0 Å². The molecule has 0 saturated heterocycles. The summed E-state index contributed by atoms with van der Waals surface area (Å²) in [4.78, 5) is 0. The summed E-state index contributed by atoms with van der Waals surface area (Å²) >= 11 is 0. The van der Waals surface area contributed by atoms with Crippen LogP contribution in [0.1, 0.15) is 31.2 Å². The minimum atomic E-state index is 0.0869. The average Bonchev–Trinajstić information content (AvgIpc) is 2.39. The summed E-state index contributed by atoms with van der Waals surface area (Å²) in [5, 5.41) is 12.8. The lowest BCUT2D eigenvalue weighted by Gasteiger charge is -2.30. The third-order valence-corrected chi connectivity index (χ3v) is 3.51. The normalized spacial score (nSPS) is 24.6. The third kappa shape index (κ3) is 3.20. The Hall–Kier alpha value is -1.06. The number of anilines is 1. The SMILES string of the molecule is COC1CCCC(Nc2ccccc2CO)C1. The Kier molecular flexibility index (Phi) is 4.40. The van der Waals surface area contributed by atoms with Gasteiger partial charge in [0.15, 0.2) is 0 Å². The van der Waals surface area contributed by atoms with Crippen LogP contribution in [0.3, 0.4) is 0 Å². The van der Waals surface area contributed by atoms with Crippen LogP contribution in [0, 0.1) is 0 Å². The van der Waals surface area contributed by atoms with E-state index >= 15 is 0 Å². The molecule has 0 radical (unpaired) electrons. The number of rotatable bonds is 4. The van der Waals surface area contributed by atoms with E-state index in [9.17, 15) is 5.11 Å². The van der Waals surface area contributed by atoms with Gasteiger partial charge in [-0.15, -0.1) is 0 Å². The Morgan fingerprint density at radius 1 is 1.35 bits per heavy atom. The number of nitrogens with one attached hydrogen (secondary N) is 1. The zero-order chi connectivity index (χ0) is 12.1. The van der Waals surface area contributed by atoms with Gasteiger partial charge in [-0.05, 0) is 31.7 Å². The molecule has 1 saturated carbocycles. The van der Waals surface area contributed by atoms with Gasteiger partial charge in [-0.25, -0.2) is 0 Å². The van der Waals surface area contributed by atoms with Crippen molar-refractivity contribution < 1.29 is 9.84 Å². The summed E-state index contributed by atoms with van der Waals surface area (Å²) in [7, 11) is 1.79. The van der Waals surface area contributed by atoms with E-state index in [0.29, 0.717) is 12.1 Å². The van der Waals surface area contributed by atoms with Gasteiger partial charge in [-0.3, -0.25) is 0 Å². The molecule has 0 spiro atoms. The molecule has 0 aromatic heterocycles. The molecule has 3 nitrogen and oxygen atoms in total. The number of para-hydroxylation sites is 1. The molecule has 17 heavy (non-hydrogen) atoms. The predicted molar refractivity (Wildman–Crippen MR) is 69.0 cm³/mol. The zero-order valence-electron chi connectivity index (χ0n) is 10.4. The number of methoxy groups -OCH3 is 1. The summed E-state index contributed by atoms with van der Waals surface area (Å²) in [6, 6.07) is 8.40. The third-order valence-electron chi connectivity index (χ3n) is 3.51. The van der Waals surface area contributed by atoms with Crippen LogP contribution in [-0.4, -0.2) is 24.4 Å². The van der Waals surface area contributed by atoms with E-state index in [1.807, 2.05) is 24.3 Å². The van der Waals surface area contributed by atoms with E-state index in [1.165, 1.54) is 12.8 Å². The molecule has 2 rings (SSSR count). The van der Waals surface area contributed by atoms with E-state index in [-0.39, 0.29) is 6.61 Å². The summed E-state index contributed by atoms with van der Waals surface area (Å²) in [5.74, 6) is 0. The highest BCUT2D eigenvalue weighted by atomic mass is 16.5. The highest BCUT2D eigenvalue weighted by Crippen LogP contribution is 2.25. The Bertz CT molecular complexity index is 354. The molecule has 0 bridgehead atoms. The van der Waals surface area contributed by atoms with Crippen molar-refractivity contribution in [1.82, 2.24) is 0 Å². The molecule has 1 aromatic carbocycles. The molecule has 0 amide bonds. The molecule has 2 N–H and O–H groups in total. The fraction of sp³-hybridized carbons (Fsp3) is 0.571. The summed E-state index contributed by atoms with van der Waals surface area (Å²) in [5.41, 5.74) is 2.02. The lowest BCUT2D eigenvalue weighted by molar-refractivity contribution is 0.0669. The lowest BCUT2D eigenvalue weighted by atomic mass is 9.92. The van der Waals surface area contributed by atoms with Gasteiger partial charge in [0.2, 0.25) is 0 Å². The summed E-state index contributed by atoms with van der Waals surface area (Å²) < 4.78 is 5.43. The van der Waals surface area contributed by atoms with Crippen molar-refractivity contribution >= 4 is 5.69 Å². The second kappa shape index (κ2) is 6.03. The molecule has 94 valence electrons. The summed E-state index contributed by atoms with van der Waals surface area (Å²) in [6.07, 6.45) is 4.98. The molecule has 3 heteroatoms. The number of aliphatic hydroxyl groups is 1. The van der Waals surface area contributed by atoms with Gasteiger partial charge in [0.25, 0.3) is 0 Å². The fourth-order valence-electron chi connectivity index (χ4n) is 2.51. The molecule has 2 atom stereocenters. The van der Waals surface area contributed by atoms with Gasteiger partial charge in [-0.2, -0.15) is 0 Å². The van der Waals surface area contributed by atoms with Crippen molar-refractivity contribution in [3.05, 3.63) is 29.8 Å². The molecule has 1 aliphatic rings. The first-order chi connectivity index (χ1) is 8.33. The van der Waals surface area contributed by atoms with Crippen molar-refractivity contribution in [2.75, 3.05) is 12.4 Å².